The van der Waals surface area contributed by atoms with E-state index in [1.54, 1.807) is 0 Å². The first kappa shape index (κ1) is 13.1. The molecule has 0 bridgehead atoms. The van der Waals surface area contributed by atoms with Gasteiger partial charge in [0.25, 0.3) is 0 Å². The summed E-state index contributed by atoms with van der Waals surface area (Å²) < 4.78 is 0. The van der Waals surface area contributed by atoms with Crippen molar-refractivity contribution >= 4 is 11.6 Å². The van der Waals surface area contributed by atoms with Crippen molar-refractivity contribution in [3.63, 3.8) is 0 Å². The predicted octanol–water partition coefficient (Wildman–Crippen LogP) is 2.59. The van der Waals surface area contributed by atoms with Gasteiger partial charge >= 0.3 is 0 Å². The lowest BCUT2D eigenvalue weighted by molar-refractivity contribution is -0.121. The van der Waals surface area contributed by atoms with Gasteiger partial charge in [0.15, 0.2) is 0 Å². The molecule has 3 nitrogen and oxygen atoms in total. The molecule has 98 valence electrons. The summed E-state index contributed by atoms with van der Waals surface area (Å²) in [6, 6.07) is 19.5. The van der Waals surface area contributed by atoms with Gasteiger partial charge in [0, 0.05) is 12.1 Å². The van der Waals surface area contributed by atoms with Gasteiger partial charge in [-0.05, 0) is 24.6 Å². The van der Waals surface area contributed by atoms with Crippen LogP contribution >= 0.6 is 0 Å². The molecule has 1 atom stereocenters. The number of amides is 1. The van der Waals surface area contributed by atoms with E-state index in [9.17, 15) is 4.79 Å². The Labute approximate surface area is 113 Å². The van der Waals surface area contributed by atoms with Crippen LogP contribution in [0.25, 0.3) is 0 Å². The Morgan fingerprint density at radius 3 is 2.11 bits per heavy atom. The number of carbonyl (C=O) groups is 1. The van der Waals surface area contributed by atoms with Crippen LogP contribution in [-0.4, -0.2) is 11.4 Å². The highest BCUT2D eigenvalue weighted by atomic mass is 16.1. The van der Waals surface area contributed by atoms with Crippen molar-refractivity contribution in [2.45, 2.75) is 18.9 Å². The number of nitrogens with two attached hydrogens (primary N) is 1. The maximum absolute atomic E-state index is 11.8. The van der Waals surface area contributed by atoms with Crippen LogP contribution in [0.15, 0.2) is 60.7 Å². The predicted molar refractivity (Wildman–Crippen MR) is 77.8 cm³/mol. The molecule has 0 spiro atoms. The average molecular weight is 254 g/mol. The quantitative estimate of drug-likeness (QED) is 0.861. The topological polar surface area (TPSA) is 55.1 Å². The van der Waals surface area contributed by atoms with E-state index < -0.39 is 5.54 Å². The molecule has 3 N–H and O–H groups in total. The standard InChI is InChI=1S/C16H18N2O/c1-16(15(17)19,12-13-8-4-2-5-9-13)18-14-10-6-3-7-11-14/h2-11,18H,12H2,1H3,(H2,17,19). The fourth-order valence-electron chi connectivity index (χ4n) is 2.04. The molecule has 19 heavy (non-hydrogen) atoms. The SMILES string of the molecule is CC(Cc1ccccc1)(Nc1ccccc1)C(N)=O. The molecule has 2 aromatic rings. The number of carbonyl (C=O) groups excluding carboxylic acids is 1. The van der Waals surface area contributed by atoms with Gasteiger partial charge in [-0.2, -0.15) is 0 Å². The zero-order valence-corrected chi connectivity index (χ0v) is 11.0. The van der Waals surface area contributed by atoms with Crippen molar-refractivity contribution in [1.29, 1.82) is 0 Å². The normalized spacial score (nSPS) is 13.5. The molecule has 3 heteroatoms. The minimum atomic E-state index is -0.803. The molecule has 0 aliphatic rings. The maximum atomic E-state index is 11.8. The highest BCUT2D eigenvalue weighted by Gasteiger charge is 2.31. The van der Waals surface area contributed by atoms with E-state index in [1.165, 1.54) is 0 Å². The third-order valence-corrected chi connectivity index (χ3v) is 3.14. The summed E-state index contributed by atoms with van der Waals surface area (Å²) in [5, 5.41) is 3.23. The van der Waals surface area contributed by atoms with Crippen molar-refractivity contribution in [3.8, 4) is 0 Å². The molecule has 0 saturated heterocycles. The Morgan fingerprint density at radius 2 is 1.58 bits per heavy atom. The summed E-state index contributed by atoms with van der Waals surface area (Å²) in [5.74, 6) is -0.361. The molecule has 2 rings (SSSR count). The van der Waals surface area contributed by atoms with Gasteiger partial charge in [-0.1, -0.05) is 48.5 Å². The van der Waals surface area contributed by atoms with Crippen molar-refractivity contribution in [2.24, 2.45) is 5.73 Å². The summed E-state index contributed by atoms with van der Waals surface area (Å²) in [7, 11) is 0. The van der Waals surface area contributed by atoms with Gasteiger partial charge < -0.3 is 11.1 Å². The van der Waals surface area contributed by atoms with Crippen molar-refractivity contribution in [3.05, 3.63) is 66.2 Å². The largest absolute Gasteiger partial charge is 0.371 e. The molecule has 0 saturated carbocycles. The molecule has 0 heterocycles. The van der Waals surface area contributed by atoms with Crippen molar-refractivity contribution < 1.29 is 4.79 Å². The van der Waals surface area contributed by atoms with Gasteiger partial charge in [-0.3, -0.25) is 4.79 Å². The summed E-state index contributed by atoms with van der Waals surface area (Å²) in [6.45, 7) is 1.83. The molecule has 0 fully saturated rings. The minimum absolute atomic E-state index is 0.361. The summed E-state index contributed by atoms with van der Waals surface area (Å²) in [4.78, 5) is 11.8. The molecule has 2 aromatic carbocycles. The Hall–Kier alpha value is -2.29. The summed E-state index contributed by atoms with van der Waals surface area (Å²) in [6.07, 6.45) is 0.554. The van der Waals surface area contributed by atoms with E-state index in [0.29, 0.717) is 6.42 Å². The van der Waals surface area contributed by atoms with E-state index in [-0.39, 0.29) is 5.91 Å². The van der Waals surface area contributed by atoms with E-state index in [1.807, 2.05) is 67.6 Å². The molecule has 0 aliphatic heterocycles. The Morgan fingerprint density at radius 1 is 1.05 bits per heavy atom. The number of rotatable bonds is 5. The van der Waals surface area contributed by atoms with Crippen molar-refractivity contribution in [1.82, 2.24) is 0 Å². The van der Waals surface area contributed by atoms with Crippen LogP contribution in [-0.2, 0) is 11.2 Å². The highest BCUT2D eigenvalue weighted by molar-refractivity contribution is 5.87. The number of para-hydroxylation sites is 1. The average Bonchev–Trinajstić information content (AvgIpc) is 2.40. The van der Waals surface area contributed by atoms with Crippen LogP contribution in [0, 0.1) is 0 Å². The second kappa shape index (κ2) is 5.57. The number of hydrogen-bond donors (Lipinski definition) is 2. The van der Waals surface area contributed by atoms with Crippen LogP contribution in [0.4, 0.5) is 5.69 Å². The third kappa shape index (κ3) is 3.35. The molecule has 0 radical (unpaired) electrons. The number of benzene rings is 2. The molecule has 0 aliphatic carbocycles. The highest BCUT2D eigenvalue weighted by Crippen LogP contribution is 2.19. The van der Waals surface area contributed by atoms with Crippen LogP contribution in [0.3, 0.4) is 0 Å². The second-order valence-corrected chi connectivity index (χ2v) is 4.85. The van der Waals surface area contributed by atoms with E-state index in [0.717, 1.165) is 11.3 Å². The van der Waals surface area contributed by atoms with Crippen LogP contribution in [0.5, 0.6) is 0 Å². The number of hydrogen-bond acceptors (Lipinski definition) is 2. The Balaban J connectivity index is 2.21. The van der Waals surface area contributed by atoms with Crippen LogP contribution < -0.4 is 11.1 Å². The lowest BCUT2D eigenvalue weighted by atomic mass is 9.91. The van der Waals surface area contributed by atoms with Crippen LogP contribution in [0.1, 0.15) is 12.5 Å². The Kier molecular flexibility index (Phi) is 3.85. The fourth-order valence-corrected chi connectivity index (χ4v) is 2.04. The first-order valence-corrected chi connectivity index (χ1v) is 6.27. The van der Waals surface area contributed by atoms with Crippen LogP contribution in [0.2, 0.25) is 0 Å². The minimum Gasteiger partial charge on any atom is -0.371 e. The number of nitrogens with one attached hydrogen (secondary N) is 1. The van der Waals surface area contributed by atoms with E-state index >= 15 is 0 Å². The lowest BCUT2D eigenvalue weighted by Gasteiger charge is -2.28. The zero-order chi connectivity index (χ0) is 13.7. The monoisotopic (exact) mass is 254 g/mol. The first-order chi connectivity index (χ1) is 9.10. The Bertz CT molecular complexity index is 496. The summed E-state index contributed by atoms with van der Waals surface area (Å²) >= 11 is 0. The molecular formula is C16H18N2O. The molecule has 0 aromatic heterocycles. The second-order valence-electron chi connectivity index (χ2n) is 4.85. The van der Waals surface area contributed by atoms with Gasteiger partial charge in [0.05, 0.1) is 0 Å². The van der Waals surface area contributed by atoms with Crippen molar-refractivity contribution in [2.75, 3.05) is 5.32 Å². The van der Waals surface area contributed by atoms with E-state index in [4.69, 9.17) is 5.73 Å². The van der Waals surface area contributed by atoms with Gasteiger partial charge in [0.2, 0.25) is 5.91 Å². The molecule has 1 unspecified atom stereocenters. The fraction of sp³-hybridized carbons (Fsp3) is 0.188. The third-order valence-electron chi connectivity index (χ3n) is 3.14. The smallest absolute Gasteiger partial charge is 0.243 e. The number of anilines is 1. The summed E-state index contributed by atoms with van der Waals surface area (Å²) in [5.41, 5.74) is 6.73. The molecular weight excluding hydrogens is 236 g/mol. The van der Waals surface area contributed by atoms with Gasteiger partial charge in [-0.15, -0.1) is 0 Å². The van der Waals surface area contributed by atoms with Gasteiger partial charge in [-0.25, -0.2) is 0 Å². The first-order valence-electron chi connectivity index (χ1n) is 6.27. The zero-order valence-electron chi connectivity index (χ0n) is 11.0. The maximum Gasteiger partial charge on any atom is 0.243 e. The molecule has 1 amide bonds. The number of primary amides is 1. The van der Waals surface area contributed by atoms with E-state index in [2.05, 4.69) is 5.32 Å². The van der Waals surface area contributed by atoms with Gasteiger partial charge in [0.1, 0.15) is 5.54 Å². The lowest BCUT2D eigenvalue weighted by Crippen LogP contribution is -2.49.